The number of allylic oxidation sites excluding steroid dienone is 1. The topological polar surface area (TPSA) is 77.8 Å². The summed E-state index contributed by atoms with van der Waals surface area (Å²) in [5.74, 6) is -0.204. The number of hydrogen-bond donors (Lipinski definition) is 3. The van der Waals surface area contributed by atoms with Crippen LogP contribution in [-0.4, -0.2) is 38.4 Å². The van der Waals surface area contributed by atoms with Crippen LogP contribution < -0.4 is 0 Å². The van der Waals surface area contributed by atoms with Crippen molar-refractivity contribution >= 4 is 5.78 Å². The highest BCUT2D eigenvalue weighted by Crippen LogP contribution is 2.50. The van der Waals surface area contributed by atoms with E-state index in [1.54, 1.807) is 13.8 Å². The molecule has 0 heterocycles. The Morgan fingerprint density at radius 3 is 2.29 bits per heavy atom. The van der Waals surface area contributed by atoms with Crippen molar-refractivity contribution < 1.29 is 20.1 Å². The second-order valence-electron chi connectivity index (χ2n) is 5.76. The lowest BCUT2D eigenvalue weighted by atomic mass is 9.57. The van der Waals surface area contributed by atoms with Gasteiger partial charge in [-0.3, -0.25) is 4.79 Å². The minimum Gasteiger partial charge on any atom is -0.392 e. The highest BCUT2D eigenvalue weighted by atomic mass is 16.4. The number of carbonyl (C=O) groups is 1. The van der Waals surface area contributed by atoms with E-state index in [1.807, 2.05) is 0 Å². The highest BCUT2D eigenvalue weighted by Gasteiger charge is 2.59. The van der Waals surface area contributed by atoms with Gasteiger partial charge in [0.15, 0.2) is 5.78 Å². The van der Waals surface area contributed by atoms with Gasteiger partial charge in [-0.1, -0.05) is 13.8 Å². The Labute approximate surface area is 102 Å². The average molecular weight is 242 g/mol. The van der Waals surface area contributed by atoms with Crippen molar-refractivity contribution in [1.29, 1.82) is 0 Å². The summed E-state index contributed by atoms with van der Waals surface area (Å²) >= 11 is 0. The lowest BCUT2D eigenvalue weighted by Gasteiger charge is -2.55. The first-order chi connectivity index (χ1) is 7.54. The van der Waals surface area contributed by atoms with Gasteiger partial charge in [0.1, 0.15) is 5.60 Å². The molecule has 4 heteroatoms. The summed E-state index contributed by atoms with van der Waals surface area (Å²) in [6.07, 6.45) is 2.56. The number of rotatable bonds is 2. The molecule has 1 saturated carbocycles. The molecule has 0 amide bonds. The van der Waals surface area contributed by atoms with E-state index in [1.165, 1.54) is 26.0 Å². The Bertz CT molecular complexity index is 343. The Morgan fingerprint density at radius 2 is 1.82 bits per heavy atom. The van der Waals surface area contributed by atoms with E-state index < -0.39 is 22.7 Å². The number of aliphatic hydroxyl groups excluding tert-OH is 1. The Hall–Kier alpha value is -0.710. The van der Waals surface area contributed by atoms with Gasteiger partial charge in [0.05, 0.1) is 11.7 Å². The van der Waals surface area contributed by atoms with Crippen LogP contribution in [0.15, 0.2) is 12.2 Å². The largest absolute Gasteiger partial charge is 0.392 e. The Kier molecular flexibility index (Phi) is 3.54. The zero-order chi connectivity index (χ0) is 13.5. The zero-order valence-electron chi connectivity index (χ0n) is 10.9. The molecule has 4 nitrogen and oxygen atoms in total. The molecule has 1 rings (SSSR count). The summed E-state index contributed by atoms with van der Waals surface area (Å²) < 4.78 is 0. The summed E-state index contributed by atoms with van der Waals surface area (Å²) in [6, 6.07) is 0. The third-order valence-corrected chi connectivity index (χ3v) is 4.10. The Balaban J connectivity index is 3.24. The summed E-state index contributed by atoms with van der Waals surface area (Å²) in [7, 11) is 0. The van der Waals surface area contributed by atoms with Crippen LogP contribution >= 0.6 is 0 Å². The van der Waals surface area contributed by atoms with E-state index in [0.29, 0.717) is 6.42 Å². The SMILES string of the molecule is CC(=O)/C=C/[C@@]1(O)C(C)(C)[C@@H](O)CC[C@@]1(C)O. The van der Waals surface area contributed by atoms with E-state index in [9.17, 15) is 20.1 Å². The number of aliphatic hydroxyl groups is 3. The van der Waals surface area contributed by atoms with Gasteiger partial charge in [-0.25, -0.2) is 0 Å². The lowest BCUT2D eigenvalue weighted by molar-refractivity contribution is -0.228. The second kappa shape index (κ2) is 4.19. The van der Waals surface area contributed by atoms with Crippen molar-refractivity contribution in [2.24, 2.45) is 5.41 Å². The molecule has 3 atom stereocenters. The van der Waals surface area contributed by atoms with Crippen LogP contribution in [-0.2, 0) is 4.79 Å². The van der Waals surface area contributed by atoms with Crippen LogP contribution in [0, 0.1) is 5.41 Å². The van der Waals surface area contributed by atoms with E-state index in [-0.39, 0.29) is 12.2 Å². The van der Waals surface area contributed by atoms with Gasteiger partial charge in [0.2, 0.25) is 0 Å². The fraction of sp³-hybridized carbons (Fsp3) is 0.769. The van der Waals surface area contributed by atoms with Crippen molar-refractivity contribution in [2.75, 3.05) is 0 Å². The van der Waals surface area contributed by atoms with E-state index >= 15 is 0 Å². The smallest absolute Gasteiger partial charge is 0.152 e. The van der Waals surface area contributed by atoms with Crippen LogP contribution in [0.4, 0.5) is 0 Å². The molecular weight excluding hydrogens is 220 g/mol. The third-order valence-electron chi connectivity index (χ3n) is 4.10. The molecule has 1 aliphatic rings. The molecule has 0 aromatic rings. The quantitative estimate of drug-likeness (QED) is 0.626. The summed E-state index contributed by atoms with van der Waals surface area (Å²) in [6.45, 7) is 6.29. The van der Waals surface area contributed by atoms with Crippen molar-refractivity contribution in [2.45, 2.75) is 57.8 Å². The highest BCUT2D eigenvalue weighted by molar-refractivity contribution is 5.87. The molecule has 0 radical (unpaired) electrons. The third kappa shape index (κ3) is 2.17. The van der Waals surface area contributed by atoms with Crippen LogP contribution in [0.2, 0.25) is 0 Å². The molecule has 0 aromatic carbocycles. The minimum atomic E-state index is -1.62. The average Bonchev–Trinajstić information content (AvgIpc) is 2.20. The maximum Gasteiger partial charge on any atom is 0.152 e. The number of hydrogen-bond acceptors (Lipinski definition) is 4. The van der Waals surface area contributed by atoms with Crippen LogP contribution in [0.1, 0.15) is 40.5 Å². The summed E-state index contributed by atoms with van der Waals surface area (Å²) in [4.78, 5) is 11.0. The standard InChI is InChI=1S/C13H22O4/c1-9(14)5-8-13(17)11(2,3)10(15)6-7-12(13,4)16/h5,8,10,15-17H,6-7H2,1-4H3/b8-5+/t10-,12+,13+/m0/s1. The van der Waals surface area contributed by atoms with Crippen LogP contribution in [0.25, 0.3) is 0 Å². The first-order valence-electron chi connectivity index (χ1n) is 5.87. The van der Waals surface area contributed by atoms with Gasteiger partial charge in [0, 0.05) is 5.41 Å². The number of ketones is 1. The molecule has 0 saturated heterocycles. The predicted octanol–water partition coefficient (Wildman–Crippen LogP) is 0.795. The molecule has 3 N–H and O–H groups in total. The van der Waals surface area contributed by atoms with Gasteiger partial charge >= 0.3 is 0 Å². The maximum absolute atomic E-state index is 11.0. The molecule has 0 aliphatic heterocycles. The van der Waals surface area contributed by atoms with Crippen LogP contribution in [0.5, 0.6) is 0 Å². The fourth-order valence-electron chi connectivity index (χ4n) is 2.55. The normalized spacial score (nSPS) is 41.7. The van der Waals surface area contributed by atoms with Crippen molar-refractivity contribution in [1.82, 2.24) is 0 Å². The number of carbonyl (C=O) groups excluding carboxylic acids is 1. The zero-order valence-corrected chi connectivity index (χ0v) is 10.9. The molecule has 0 bridgehead atoms. The second-order valence-corrected chi connectivity index (χ2v) is 5.76. The fourth-order valence-corrected chi connectivity index (χ4v) is 2.55. The van der Waals surface area contributed by atoms with Crippen molar-refractivity contribution in [3.05, 3.63) is 12.2 Å². The monoisotopic (exact) mass is 242 g/mol. The van der Waals surface area contributed by atoms with Gasteiger partial charge in [-0.15, -0.1) is 0 Å². The van der Waals surface area contributed by atoms with Gasteiger partial charge in [0.25, 0.3) is 0 Å². The van der Waals surface area contributed by atoms with Crippen molar-refractivity contribution in [3.8, 4) is 0 Å². The van der Waals surface area contributed by atoms with E-state index in [2.05, 4.69) is 0 Å². The van der Waals surface area contributed by atoms with Gasteiger partial charge in [-0.2, -0.15) is 0 Å². The lowest BCUT2D eigenvalue weighted by Crippen LogP contribution is -2.66. The molecular formula is C13H22O4. The molecule has 17 heavy (non-hydrogen) atoms. The molecule has 98 valence electrons. The summed E-state index contributed by atoms with van der Waals surface area (Å²) in [5, 5.41) is 31.0. The molecule has 0 aromatic heterocycles. The maximum atomic E-state index is 11.0. The summed E-state index contributed by atoms with van der Waals surface area (Å²) in [5.41, 5.74) is -3.90. The van der Waals surface area contributed by atoms with Gasteiger partial charge in [-0.05, 0) is 38.8 Å². The van der Waals surface area contributed by atoms with Crippen LogP contribution in [0.3, 0.4) is 0 Å². The molecule has 1 aliphatic carbocycles. The van der Waals surface area contributed by atoms with Crippen molar-refractivity contribution in [3.63, 3.8) is 0 Å². The van der Waals surface area contributed by atoms with E-state index in [4.69, 9.17) is 0 Å². The first kappa shape index (κ1) is 14.4. The minimum absolute atomic E-state index is 0.204. The van der Waals surface area contributed by atoms with E-state index in [0.717, 1.165) is 0 Å². The molecule has 0 unspecified atom stereocenters. The first-order valence-corrected chi connectivity index (χ1v) is 5.87. The molecule has 1 fully saturated rings. The predicted molar refractivity (Wildman–Crippen MR) is 64.4 cm³/mol. The molecule has 0 spiro atoms. The Morgan fingerprint density at radius 1 is 1.29 bits per heavy atom. The van der Waals surface area contributed by atoms with Gasteiger partial charge < -0.3 is 15.3 Å².